The van der Waals surface area contributed by atoms with Crippen molar-refractivity contribution in [2.75, 3.05) is 14.1 Å². The lowest BCUT2D eigenvalue weighted by atomic mass is 10.1. The van der Waals surface area contributed by atoms with Crippen LogP contribution in [-0.4, -0.2) is 37.0 Å². The Kier molecular flexibility index (Phi) is 3.93. The Bertz CT molecular complexity index is 459. The Hall–Kier alpha value is -1.06. The fraction of sp³-hybridized carbons (Fsp3) is 0.500. The van der Waals surface area contributed by atoms with E-state index >= 15 is 0 Å². The predicted molar refractivity (Wildman–Crippen MR) is 73.9 cm³/mol. The second kappa shape index (κ2) is 5.29. The highest BCUT2D eigenvalue weighted by molar-refractivity contribution is 6.30. The first-order chi connectivity index (χ1) is 8.47. The van der Waals surface area contributed by atoms with Crippen LogP contribution in [0.25, 0.3) is 0 Å². The molecule has 2 atom stereocenters. The Morgan fingerprint density at radius 3 is 2.72 bits per heavy atom. The average molecular weight is 267 g/mol. The summed E-state index contributed by atoms with van der Waals surface area (Å²) in [5.74, 6) is 0.115. The van der Waals surface area contributed by atoms with Gasteiger partial charge < -0.3 is 10.2 Å². The molecule has 0 saturated heterocycles. The maximum atomic E-state index is 11.8. The Balaban J connectivity index is 1.97. The predicted octanol–water partition coefficient (Wildman–Crippen LogP) is 1.87. The first kappa shape index (κ1) is 13.4. The van der Waals surface area contributed by atoms with Crippen LogP contribution in [0.5, 0.6) is 0 Å². The normalized spacial score (nSPS) is 19.4. The van der Waals surface area contributed by atoms with Crippen LogP contribution >= 0.6 is 11.6 Å². The summed E-state index contributed by atoms with van der Waals surface area (Å²) in [7, 11) is 3.56. The molecule has 0 bridgehead atoms. The third-order valence-corrected chi connectivity index (χ3v) is 3.63. The third-order valence-electron chi connectivity index (χ3n) is 3.40. The molecule has 1 aromatic rings. The molecule has 1 aromatic carbocycles. The van der Waals surface area contributed by atoms with E-state index in [-0.39, 0.29) is 11.9 Å². The number of benzene rings is 1. The summed E-state index contributed by atoms with van der Waals surface area (Å²) in [6, 6.07) is 6.22. The number of likely N-dealkylation sites (N-methyl/N-ethyl adjacent to an activating group) is 1. The van der Waals surface area contributed by atoms with Gasteiger partial charge in [-0.05, 0) is 43.0 Å². The van der Waals surface area contributed by atoms with Crippen molar-refractivity contribution in [3.8, 4) is 0 Å². The molecule has 1 aliphatic rings. The van der Waals surface area contributed by atoms with Crippen LogP contribution in [0.15, 0.2) is 18.2 Å². The summed E-state index contributed by atoms with van der Waals surface area (Å²) in [6.45, 7) is 1.91. The van der Waals surface area contributed by atoms with Gasteiger partial charge in [0, 0.05) is 25.2 Å². The van der Waals surface area contributed by atoms with Gasteiger partial charge in [0.25, 0.3) is 0 Å². The molecule has 3 nitrogen and oxygen atoms in total. The molecule has 0 aliphatic heterocycles. The van der Waals surface area contributed by atoms with Gasteiger partial charge in [-0.15, -0.1) is 0 Å². The van der Waals surface area contributed by atoms with E-state index in [1.807, 2.05) is 19.1 Å². The monoisotopic (exact) mass is 266 g/mol. The average Bonchev–Trinajstić information content (AvgIpc) is 2.68. The lowest BCUT2D eigenvalue weighted by Gasteiger charge is -2.21. The van der Waals surface area contributed by atoms with Crippen molar-refractivity contribution in [1.29, 1.82) is 0 Å². The highest BCUT2D eigenvalue weighted by Gasteiger charge is 2.25. The van der Waals surface area contributed by atoms with E-state index in [1.165, 1.54) is 11.1 Å². The molecule has 0 fully saturated rings. The van der Waals surface area contributed by atoms with Crippen LogP contribution in [0, 0.1) is 0 Å². The van der Waals surface area contributed by atoms with E-state index in [1.54, 1.807) is 19.0 Å². The lowest BCUT2D eigenvalue weighted by molar-refractivity contribution is -0.130. The van der Waals surface area contributed by atoms with Gasteiger partial charge >= 0.3 is 0 Å². The number of carbonyl (C=O) groups excluding carboxylic acids is 1. The topological polar surface area (TPSA) is 32.3 Å². The molecule has 0 heterocycles. The van der Waals surface area contributed by atoms with E-state index in [0.717, 1.165) is 17.9 Å². The summed E-state index contributed by atoms with van der Waals surface area (Å²) in [5, 5.41) is 4.18. The number of nitrogens with zero attached hydrogens (tertiary/aromatic N) is 1. The largest absolute Gasteiger partial charge is 0.347 e. The number of hydrogen-bond acceptors (Lipinski definition) is 2. The molecule has 0 spiro atoms. The second-order valence-electron chi connectivity index (χ2n) is 5.14. The molecule has 18 heavy (non-hydrogen) atoms. The fourth-order valence-corrected chi connectivity index (χ4v) is 2.71. The fourth-order valence-electron chi connectivity index (χ4n) is 2.52. The van der Waals surface area contributed by atoms with Gasteiger partial charge in [-0.25, -0.2) is 0 Å². The highest BCUT2D eigenvalue weighted by atomic mass is 35.5. The van der Waals surface area contributed by atoms with E-state index < -0.39 is 0 Å². The smallest absolute Gasteiger partial charge is 0.238 e. The molecule has 1 N–H and O–H groups in total. The molecule has 1 amide bonds. The number of carbonyl (C=O) groups is 1. The van der Waals surface area contributed by atoms with Crippen molar-refractivity contribution in [2.45, 2.75) is 31.8 Å². The van der Waals surface area contributed by atoms with Gasteiger partial charge in [-0.2, -0.15) is 0 Å². The summed E-state index contributed by atoms with van der Waals surface area (Å²) < 4.78 is 0. The minimum absolute atomic E-state index is 0.115. The van der Waals surface area contributed by atoms with Crippen molar-refractivity contribution in [1.82, 2.24) is 10.2 Å². The van der Waals surface area contributed by atoms with Crippen LogP contribution < -0.4 is 5.32 Å². The molecule has 1 aliphatic carbocycles. The van der Waals surface area contributed by atoms with Crippen molar-refractivity contribution >= 4 is 17.5 Å². The number of halogens is 1. The van der Waals surface area contributed by atoms with E-state index in [0.29, 0.717) is 6.04 Å². The summed E-state index contributed by atoms with van der Waals surface area (Å²) in [6.07, 6.45) is 1.92. The zero-order valence-electron chi connectivity index (χ0n) is 11.0. The third kappa shape index (κ3) is 2.85. The van der Waals surface area contributed by atoms with Crippen LogP contribution in [-0.2, 0) is 17.6 Å². The van der Waals surface area contributed by atoms with Crippen LogP contribution in [0.2, 0.25) is 5.02 Å². The number of hydrogen-bond donors (Lipinski definition) is 1. The SMILES string of the molecule is CC(NC1Cc2ccc(Cl)cc2C1)C(=O)N(C)C. The Morgan fingerprint density at radius 2 is 2.06 bits per heavy atom. The molecular formula is C14H19ClN2O. The number of fused-ring (bicyclic) bond motifs is 1. The maximum absolute atomic E-state index is 11.8. The quantitative estimate of drug-likeness (QED) is 0.906. The minimum atomic E-state index is -0.144. The standard InChI is InChI=1S/C14H19ClN2O/c1-9(14(18)17(2)3)16-13-7-10-4-5-12(15)6-11(10)8-13/h4-6,9,13,16H,7-8H2,1-3H3. The van der Waals surface area contributed by atoms with Gasteiger partial charge in [0.2, 0.25) is 5.91 Å². The molecule has 2 unspecified atom stereocenters. The van der Waals surface area contributed by atoms with Gasteiger partial charge in [0.15, 0.2) is 0 Å². The van der Waals surface area contributed by atoms with E-state index in [9.17, 15) is 4.79 Å². The van der Waals surface area contributed by atoms with Crippen LogP contribution in [0.3, 0.4) is 0 Å². The first-order valence-electron chi connectivity index (χ1n) is 6.22. The van der Waals surface area contributed by atoms with Gasteiger partial charge in [0.1, 0.15) is 0 Å². The van der Waals surface area contributed by atoms with Crippen molar-refractivity contribution in [3.63, 3.8) is 0 Å². The lowest BCUT2D eigenvalue weighted by Crippen LogP contribution is -2.46. The number of amides is 1. The molecule has 2 rings (SSSR count). The highest BCUT2D eigenvalue weighted by Crippen LogP contribution is 2.25. The van der Waals surface area contributed by atoms with Crippen molar-refractivity contribution < 1.29 is 4.79 Å². The zero-order chi connectivity index (χ0) is 13.3. The summed E-state index contributed by atoms with van der Waals surface area (Å²) in [4.78, 5) is 13.4. The summed E-state index contributed by atoms with van der Waals surface area (Å²) in [5.41, 5.74) is 2.63. The maximum Gasteiger partial charge on any atom is 0.238 e. The molecule has 0 aromatic heterocycles. The molecule has 4 heteroatoms. The van der Waals surface area contributed by atoms with Crippen LogP contribution in [0.4, 0.5) is 0 Å². The first-order valence-corrected chi connectivity index (χ1v) is 6.59. The molecule has 98 valence electrons. The zero-order valence-corrected chi connectivity index (χ0v) is 11.8. The minimum Gasteiger partial charge on any atom is -0.347 e. The van der Waals surface area contributed by atoms with Crippen molar-refractivity contribution in [2.24, 2.45) is 0 Å². The second-order valence-corrected chi connectivity index (χ2v) is 5.58. The Morgan fingerprint density at radius 1 is 1.39 bits per heavy atom. The van der Waals surface area contributed by atoms with Gasteiger partial charge in [-0.1, -0.05) is 17.7 Å². The van der Waals surface area contributed by atoms with Crippen molar-refractivity contribution in [3.05, 3.63) is 34.3 Å². The molecule has 0 radical (unpaired) electrons. The molecular weight excluding hydrogens is 248 g/mol. The van der Waals surface area contributed by atoms with Gasteiger partial charge in [-0.3, -0.25) is 4.79 Å². The summed E-state index contributed by atoms with van der Waals surface area (Å²) >= 11 is 5.99. The molecule has 0 saturated carbocycles. The number of nitrogens with one attached hydrogen (secondary N) is 1. The van der Waals surface area contributed by atoms with Crippen LogP contribution in [0.1, 0.15) is 18.1 Å². The van der Waals surface area contributed by atoms with Gasteiger partial charge in [0.05, 0.1) is 6.04 Å². The van der Waals surface area contributed by atoms with E-state index in [2.05, 4.69) is 11.4 Å². The Labute approximate surface area is 113 Å². The van der Waals surface area contributed by atoms with E-state index in [4.69, 9.17) is 11.6 Å². The number of rotatable bonds is 3.